The van der Waals surface area contributed by atoms with Crippen molar-refractivity contribution < 1.29 is 14.3 Å². The van der Waals surface area contributed by atoms with Crippen LogP contribution in [0.3, 0.4) is 0 Å². The average Bonchev–Trinajstić information content (AvgIpc) is 2.87. The van der Waals surface area contributed by atoms with E-state index in [9.17, 15) is 9.59 Å². The first-order valence-corrected chi connectivity index (χ1v) is 12.7. The van der Waals surface area contributed by atoms with Gasteiger partial charge in [0, 0.05) is 24.0 Å². The van der Waals surface area contributed by atoms with Gasteiger partial charge < -0.3 is 15.0 Å². The van der Waals surface area contributed by atoms with E-state index in [1.807, 2.05) is 94.4 Å². The molecule has 0 radical (unpaired) electrons. The lowest BCUT2D eigenvalue weighted by Crippen LogP contribution is -2.53. The molecule has 2 amide bonds. The topological polar surface area (TPSA) is 58.6 Å². The molecule has 36 heavy (non-hydrogen) atoms. The standard InChI is InChI=1S/C30H35ClN2O3/c1-5-23(4)32-30(35)28(18-24-10-7-6-8-11-24)33(19-25-12-9-13-26(31)17-25)29(34)20-36-27-15-14-21(2)22(3)16-27/h6-17,23,28H,5,18-20H2,1-4H3,(H,32,35)/t23-,28+/m0/s1. The Morgan fingerprint density at radius 1 is 0.944 bits per heavy atom. The summed E-state index contributed by atoms with van der Waals surface area (Å²) in [6, 6.07) is 22.1. The molecule has 0 saturated carbocycles. The molecular formula is C30H35ClN2O3. The Kier molecular flexibility index (Phi) is 9.95. The Balaban J connectivity index is 1.91. The minimum Gasteiger partial charge on any atom is -0.484 e. The molecule has 6 heteroatoms. The first-order valence-electron chi connectivity index (χ1n) is 12.3. The molecule has 0 aliphatic heterocycles. The van der Waals surface area contributed by atoms with Crippen LogP contribution in [0.5, 0.6) is 5.75 Å². The van der Waals surface area contributed by atoms with Crippen LogP contribution in [0, 0.1) is 13.8 Å². The van der Waals surface area contributed by atoms with E-state index in [1.165, 1.54) is 0 Å². The fourth-order valence-corrected chi connectivity index (χ4v) is 4.07. The third-order valence-electron chi connectivity index (χ3n) is 6.35. The second kappa shape index (κ2) is 13.1. The number of carbonyl (C=O) groups excluding carboxylic acids is 2. The Bertz CT molecular complexity index is 1170. The molecule has 1 N–H and O–H groups in total. The molecule has 3 rings (SSSR count). The summed E-state index contributed by atoms with van der Waals surface area (Å²) in [6.45, 7) is 8.07. The molecule has 190 valence electrons. The highest BCUT2D eigenvalue weighted by atomic mass is 35.5. The lowest BCUT2D eigenvalue weighted by Gasteiger charge is -2.32. The highest BCUT2D eigenvalue weighted by Gasteiger charge is 2.31. The zero-order chi connectivity index (χ0) is 26.1. The maximum absolute atomic E-state index is 13.6. The summed E-state index contributed by atoms with van der Waals surface area (Å²) in [5, 5.41) is 3.65. The number of benzene rings is 3. The van der Waals surface area contributed by atoms with Crippen LogP contribution in [0.2, 0.25) is 5.02 Å². The normalized spacial score (nSPS) is 12.5. The molecule has 0 bridgehead atoms. The van der Waals surface area contributed by atoms with Crippen LogP contribution in [-0.2, 0) is 22.6 Å². The first kappa shape index (κ1) is 27.3. The largest absolute Gasteiger partial charge is 0.484 e. The number of nitrogens with one attached hydrogen (secondary N) is 1. The number of rotatable bonds is 11. The minimum absolute atomic E-state index is 0.00863. The van der Waals surface area contributed by atoms with Gasteiger partial charge in [-0.15, -0.1) is 0 Å². The molecule has 0 spiro atoms. The first-order chi connectivity index (χ1) is 17.3. The van der Waals surface area contributed by atoms with Gasteiger partial charge in [-0.2, -0.15) is 0 Å². The quantitative estimate of drug-likeness (QED) is 0.352. The Labute approximate surface area is 219 Å². The van der Waals surface area contributed by atoms with Crippen LogP contribution >= 0.6 is 11.6 Å². The molecule has 5 nitrogen and oxygen atoms in total. The maximum atomic E-state index is 13.6. The lowest BCUT2D eigenvalue weighted by atomic mass is 10.0. The van der Waals surface area contributed by atoms with Gasteiger partial charge in [-0.05, 0) is 73.7 Å². The van der Waals surface area contributed by atoms with Gasteiger partial charge >= 0.3 is 0 Å². The van der Waals surface area contributed by atoms with Crippen molar-refractivity contribution in [2.45, 2.75) is 59.2 Å². The van der Waals surface area contributed by atoms with E-state index in [-0.39, 0.29) is 31.0 Å². The van der Waals surface area contributed by atoms with E-state index in [1.54, 1.807) is 11.0 Å². The number of halogens is 1. The van der Waals surface area contributed by atoms with Crippen LogP contribution < -0.4 is 10.1 Å². The van der Waals surface area contributed by atoms with Crippen molar-refractivity contribution >= 4 is 23.4 Å². The predicted octanol–water partition coefficient (Wildman–Crippen LogP) is 5.89. The predicted molar refractivity (Wildman–Crippen MR) is 145 cm³/mol. The van der Waals surface area contributed by atoms with E-state index < -0.39 is 6.04 Å². The van der Waals surface area contributed by atoms with Crippen LogP contribution in [-0.4, -0.2) is 35.4 Å². The van der Waals surface area contributed by atoms with Gasteiger partial charge in [0.2, 0.25) is 5.91 Å². The van der Waals surface area contributed by atoms with Crippen molar-refractivity contribution in [1.82, 2.24) is 10.2 Å². The summed E-state index contributed by atoms with van der Waals surface area (Å²) in [5.74, 6) is 0.168. The fourth-order valence-electron chi connectivity index (χ4n) is 3.86. The molecule has 0 saturated heterocycles. The van der Waals surface area contributed by atoms with E-state index in [2.05, 4.69) is 5.32 Å². The van der Waals surface area contributed by atoms with Crippen LogP contribution in [0.25, 0.3) is 0 Å². The van der Waals surface area contributed by atoms with Crippen molar-refractivity contribution in [2.24, 2.45) is 0 Å². The van der Waals surface area contributed by atoms with Gasteiger partial charge in [-0.3, -0.25) is 9.59 Å². The molecule has 0 heterocycles. The monoisotopic (exact) mass is 506 g/mol. The van der Waals surface area contributed by atoms with Gasteiger partial charge in [0.1, 0.15) is 11.8 Å². The molecule has 2 atom stereocenters. The Morgan fingerprint density at radius 3 is 2.33 bits per heavy atom. The molecule has 0 fully saturated rings. The fraction of sp³-hybridized carbons (Fsp3) is 0.333. The van der Waals surface area contributed by atoms with Crippen molar-refractivity contribution in [2.75, 3.05) is 6.61 Å². The summed E-state index contributed by atoms with van der Waals surface area (Å²) < 4.78 is 5.88. The van der Waals surface area contributed by atoms with Gasteiger partial charge in [0.05, 0.1) is 0 Å². The van der Waals surface area contributed by atoms with Gasteiger partial charge in [-0.25, -0.2) is 0 Å². The summed E-state index contributed by atoms with van der Waals surface area (Å²) in [6.07, 6.45) is 1.18. The van der Waals surface area contributed by atoms with Crippen molar-refractivity contribution in [3.05, 3.63) is 100 Å². The number of hydrogen-bond acceptors (Lipinski definition) is 3. The maximum Gasteiger partial charge on any atom is 0.261 e. The summed E-state index contributed by atoms with van der Waals surface area (Å²) in [5.41, 5.74) is 4.06. The molecule has 3 aromatic rings. The van der Waals surface area contributed by atoms with E-state index in [0.29, 0.717) is 17.2 Å². The van der Waals surface area contributed by atoms with Crippen molar-refractivity contribution in [1.29, 1.82) is 0 Å². The van der Waals surface area contributed by atoms with E-state index in [4.69, 9.17) is 16.3 Å². The lowest BCUT2D eigenvalue weighted by molar-refractivity contribution is -0.143. The second-order valence-corrected chi connectivity index (χ2v) is 9.65. The third kappa shape index (κ3) is 7.85. The van der Waals surface area contributed by atoms with Gasteiger partial charge in [-0.1, -0.05) is 67.1 Å². The number of nitrogens with zero attached hydrogens (tertiary/aromatic N) is 1. The number of aryl methyl sites for hydroxylation is 2. The van der Waals surface area contributed by atoms with E-state index in [0.717, 1.165) is 28.7 Å². The molecule has 0 unspecified atom stereocenters. The van der Waals surface area contributed by atoms with E-state index >= 15 is 0 Å². The van der Waals surface area contributed by atoms with Crippen LogP contribution in [0.4, 0.5) is 0 Å². The highest BCUT2D eigenvalue weighted by Crippen LogP contribution is 2.20. The highest BCUT2D eigenvalue weighted by molar-refractivity contribution is 6.30. The Morgan fingerprint density at radius 2 is 1.67 bits per heavy atom. The zero-order valence-electron chi connectivity index (χ0n) is 21.5. The summed E-state index contributed by atoms with van der Waals surface area (Å²) in [4.78, 5) is 28.8. The Hall–Kier alpha value is -3.31. The molecule has 3 aromatic carbocycles. The second-order valence-electron chi connectivity index (χ2n) is 9.21. The van der Waals surface area contributed by atoms with Crippen LogP contribution in [0.15, 0.2) is 72.8 Å². The third-order valence-corrected chi connectivity index (χ3v) is 6.59. The summed E-state index contributed by atoms with van der Waals surface area (Å²) >= 11 is 6.23. The van der Waals surface area contributed by atoms with Crippen LogP contribution in [0.1, 0.15) is 42.5 Å². The number of ether oxygens (including phenoxy) is 1. The van der Waals surface area contributed by atoms with Crippen molar-refractivity contribution in [3.63, 3.8) is 0 Å². The smallest absolute Gasteiger partial charge is 0.261 e. The van der Waals surface area contributed by atoms with Gasteiger partial charge in [0.15, 0.2) is 6.61 Å². The van der Waals surface area contributed by atoms with Crippen molar-refractivity contribution in [3.8, 4) is 5.75 Å². The number of amides is 2. The SMILES string of the molecule is CC[C@H](C)NC(=O)[C@@H](Cc1ccccc1)N(Cc1cccc(Cl)c1)C(=O)COc1ccc(C)c(C)c1. The minimum atomic E-state index is -0.712. The number of hydrogen-bond donors (Lipinski definition) is 1. The average molecular weight is 507 g/mol. The molecular weight excluding hydrogens is 472 g/mol. The molecule has 0 aliphatic rings. The molecule has 0 aromatic heterocycles. The summed E-state index contributed by atoms with van der Waals surface area (Å²) in [7, 11) is 0. The number of carbonyl (C=O) groups is 2. The molecule has 0 aliphatic carbocycles. The zero-order valence-corrected chi connectivity index (χ0v) is 22.2. The van der Waals surface area contributed by atoms with Gasteiger partial charge in [0.25, 0.3) is 5.91 Å².